The average Bonchev–Trinajstić information content (AvgIpc) is 2.69. The third kappa shape index (κ3) is 5.51. The van der Waals surface area contributed by atoms with Gasteiger partial charge in [0.25, 0.3) is 0 Å². The second-order valence-corrected chi connectivity index (χ2v) is 8.27. The first-order chi connectivity index (χ1) is 12.6. The molecule has 0 bridgehead atoms. The van der Waals surface area contributed by atoms with Gasteiger partial charge in [-0.05, 0) is 52.1 Å². The molecule has 1 amide bonds. The zero-order chi connectivity index (χ0) is 18.4. The van der Waals surface area contributed by atoms with E-state index in [0.29, 0.717) is 11.7 Å². The minimum absolute atomic E-state index is 0.157. The van der Waals surface area contributed by atoms with Crippen molar-refractivity contribution < 1.29 is 9.59 Å². The van der Waals surface area contributed by atoms with E-state index in [1.165, 1.54) is 26.1 Å². The van der Waals surface area contributed by atoms with Gasteiger partial charge in [0.05, 0.1) is 0 Å². The SMILES string of the molecule is CC(=O)C1CCC(C(=O)N2CCN(CCCN3CCNCC3)CC2)CC1. The standard InChI is InChI=1S/C20H36N4O2/c1-17(25)18-3-5-19(6-4-18)20(26)24-15-13-23(14-16-24)10-2-9-22-11-7-21-8-12-22/h18-19,21H,2-16H2,1H3. The Hall–Kier alpha value is -0.980. The predicted molar refractivity (Wildman–Crippen MR) is 103 cm³/mol. The van der Waals surface area contributed by atoms with Gasteiger partial charge >= 0.3 is 0 Å². The Morgan fingerprint density at radius 1 is 0.808 bits per heavy atom. The summed E-state index contributed by atoms with van der Waals surface area (Å²) in [6.45, 7) is 12.4. The van der Waals surface area contributed by atoms with Crippen LogP contribution in [0.15, 0.2) is 0 Å². The van der Waals surface area contributed by atoms with Gasteiger partial charge in [-0.15, -0.1) is 0 Å². The van der Waals surface area contributed by atoms with Gasteiger partial charge in [0.1, 0.15) is 5.78 Å². The number of hydrogen-bond donors (Lipinski definition) is 1. The molecule has 3 fully saturated rings. The molecular weight excluding hydrogens is 328 g/mol. The highest BCUT2D eigenvalue weighted by Crippen LogP contribution is 2.30. The smallest absolute Gasteiger partial charge is 0.225 e. The molecule has 3 aliphatic rings. The molecule has 0 aromatic heterocycles. The lowest BCUT2D eigenvalue weighted by molar-refractivity contribution is -0.139. The van der Waals surface area contributed by atoms with Crippen molar-refractivity contribution in [3.8, 4) is 0 Å². The van der Waals surface area contributed by atoms with Gasteiger partial charge in [0.2, 0.25) is 5.91 Å². The van der Waals surface area contributed by atoms with Crippen LogP contribution in [-0.2, 0) is 9.59 Å². The number of ketones is 1. The molecule has 1 aliphatic carbocycles. The van der Waals surface area contributed by atoms with Crippen LogP contribution in [0.2, 0.25) is 0 Å². The van der Waals surface area contributed by atoms with E-state index in [4.69, 9.17) is 0 Å². The maximum absolute atomic E-state index is 12.8. The molecule has 0 aromatic rings. The van der Waals surface area contributed by atoms with Gasteiger partial charge < -0.3 is 15.1 Å². The lowest BCUT2D eigenvalue weighted by Gasteiger charge is -2.38. The summed E-state index contributed by atoms with van der Waals surface area (Å²) in [7, 11) is 0. The van der Waals surface area contributed by atoms with Crippen LogP contribution in [0.5, 0.6) is 0 Å². The van der Waals surface area contributed by atoms with Crippen LogP contribution < -0.4 is 5.32 Å². The zero-order valence-electron chi connectivity index (χ0n) is 16.4. The fourth-order valence-electron chi connectivity index (χ4n) is 4.65. The summed E-state index contributed by atoms with van der Waals surface area (Å²) in [5.41, 5.74) is 0. The van der Waals surface area contributed by atoms with E-state index >= 15 is 0 Å². The number of rotatable bonds is 6. The number of nitrogens with zero attached hydrogens (tertiary/aromatic N) is 3. The quantitative estimate of drug-likeness (QED) is 0.756. The Labute approximate surface area is 158 Å². The van der Waals surface area contributed by atoms with Crippen molar-refractivity contribution in [2.45, 2.75) is 39.0 Å². The van der Waals surface area contributed by atoms with Crippen molar-refractivity contribution >= 4 is 11.7 Å². The van der Waals surface area contributed by atoms with E-state index in [0.717, 1.165) is 71.5 Å². The summed E-state index contributed by atoms with van der Waals surface area (Å²) >= 11 is 0. The molecule has 2 saturated heterocycles. The van der Waals surface area contributed by atoms with Crippen LogP contribution in [0, 0.1) is 11.8 Å². The van der Waals surface area contributed by atoms with Crippen molar-refractivity contribution in [1.82, 2.24) is 20.0 Å². The predicted octanol–water partition coefficient (Wildman–Crippen LogP) is 0.821. The molecule has 0 spiro atoms. The molecule has 148 valence electrons. The molecule has 6 heteroatoms. The van der Waals surface area contributed by atoms with Gasteiger partial charge in [0.15, 0.2) is 0 Å². The van der Waals surface area contributed by atoms with Crippen molar-refractivity contribution in [3.05, 3.63) is 0 Å². The molecule has 1 saturated carbocycles. The Kier molecular flexibility index (Phi) is 7.46. The van der Waals surface area contributed by atoms with E-state index in [2.05, 4.69) is 20.0 Å². The summed E-state index contributed by atoms with van der Waals surface area (Å²) < 4.78 is 0. The van der Waals surface area contributed by atoms with Crippen LogP contribution in [0.1, 0.15) is 39.0 Å². The van der Waals surface area contributed by atoms with Crippen LogP contribution in [0.25, 0.3) is 0 Å². The highest BCUT2D eigenvalue weighted by Gasteiger charge is 2.32. The Balaban J connectivity index is 1.31. The lowest BCUT2D eigenvalue weighted by Crippen LogP contribution is -2.51. The number of carbonyl (C=O) groups is 2. The first kappa shape index (κ1) is 19.8. The molecule has 0 atom stereocenters. The van der Waals surface area contributed by atoms with Gasteiger partial charge in [-0.25, -0.2) is 0 Å². The van der Waals surface area contributed by atoms with Crippen LogP contribution >= 0.6 is 0 Å². The van der Waals surface area contributed by atoms with Crippen LogP contribution in [0.3, 0.4) is 0 Å². The minimum atomic E-state index is 0.157. The number of carbonyl (C=O) groups excluding carboxylic acids is 2. The first-order valence-electron chi connectivity index (χ1n) is 10.6. The topological polar surface area (TPSA) is 55.9 Å². The normalized spacial score (nSPS) is 28.9. The van der Waals surface area contributed by atoms with Crippen molar-refractivity contribution in [2.24, 2.45) is 11.8 Å². The van der Waals surface area contributed by atoms with E-state index in [1.807, 2.05) is 0 Å². The van der Waals surface area contributed by atoms with E-state index in [9.17, 15) is 9.59 Å². The number of piperazine rings is 2. The third-order valence-electron chi connectivity index (χ3n) is 6.49. The summed E-state index contributed by atoms with van der Waals surface area (Å²) in [6, 6.07) is 0. The fraction of sp³-hybridized carbons (Fsp3) is 0.900. The second-order valence-electron chi connectivity index (χ2n) is 8.27. The molecule has 1 N–H and O–H groups in total. The molecule has 3 rings (SSSR count). The Bertz CT molecular complexity index is 462. The van der Waals surface area contributed by atoms with Crippen LogP contribution in [0.4, 0.5) is 0 Å². The zero-order valence-corrected chi connectivity index (χ0v) is 16.4. The van der Waals surface area contributed by atoms with Gasteiger partial charge in [-0.3, -0.25) is 14.5 Å². The van der Waals surface area contributed by atoms with E-state index < -0.39 is 0 Å². The molecule has 2 heterocycles. The minimum Gasteiger partial charge on any atom is -0.340 e. The van der Waals surface area contributed by atoms with Gasteiger partial charge in [-0.1, -0.05) is 0 Å². The van der Waals surface area contributed by atoms with E-state index in [-0.39, 0.29) is 11.8 Å². The monoisotopic (exact) mass is 364 g/mol. The van der Waals surface area contributed by atoms with E-state index in [1.54, 1.807) is 6.92 Å². The number of Topliss-reactive ketones (excluding diaryl/α,β-unsaturated/α-hetero) is 1. The third-order valence-corrected chi connectivity index (χ3v) is 6.49. The Morgan fingerprint density at radius 2 is 1.35 bits per heavy atom. The van der Waals surface area contributed by atoms with Crippen molar-refractivity contribution in [2.75, 3.05) is 65.4 Å². The molecule has 6 nitrogen and oxygen atoms in total. The molecule has 0 unspecified atom stereocenters. The highest BCUT2D eigenvalue weighted by atomic mass is 16.2. The summed E-state index contributed by atoms with van der Waals surface area (Å²) in [5, 5.41) is 3.40. The summed E-state index contributed by atoms with van der Waals surface area (Å²) in [6.07, 6.45) is 4.82. The summed E-state index contributed by atoms with van der Waals surface area (Å²) in [5.74, 6) is 0.995. The largest absolute Gasteiger partial charge is 0.340 e. The van der Waals surface area contributed by atoms with Crippen molar-refractivity contribution in [3.63, 3.8) is 0 Å². The first-order valence-corrected chi connectivity index (χ1v) is 10.6. The molecule has 2 aliphatic heterocycles. The number of amides is 1. The highest BCUT2D eigenvalue weighted by molar-refractivity contribution is 5.81. The van der Waals surface area contributed by atoms with Crippen molar-refractivity contribution in [1.29, 1.82) is 0 Å². The van der Waals surface area contributed by atoms with Gasteiger partial charge in [0, 0.05) is 64.2 Å². The Morgan fingerprint density at radius 3 is 1.92 bits per heavy atom. The van der Waals surface area contributed by atoms with Gasteiger partial charge in [-0.2, -0.15) is 0 Å². The maximum atomic E-state index is 12.8. The second kappa shape index (κ2) is 9.81. The number of nitrogens with one attached hydrogen (secondary N) is 1. The molecule has 0 aromatic carbocycles. The fourth-order valence-corrected chi connectivity index (χ4v) is 4.65. The van der Waals surface area contributed by atoms with Crippen LogP contribution in [-0.4, -0.2) is 91.8 Å². The molecule has 26 heavy (non-hydrogen) atoms. The lowest BCUT2D eigenvalue weighted by atomic mass is 9.79. The summed E-state index contributed by atoms with van der Waals surface area (Å²) in [4.78, 5) is 31.4. The molecule has 0 radical (unpaired) electrons. The average molecular weight is 365 g/mol. The molecular formula is C20H36N4O2. The maximum Gasteiger partial charge on any atom is 0.225 e. The number of hydrogen-bond acceptors (Lipinski definition) is 5.